The average molecular weight is 429 g/mol. The number of carbonyl (C=O) groups is 2. The van der Waals surface area contributed by atoms with E-state index in [1.165, 1.54) is 12.5 Å². The van der Waals surface area contributed by atoms with Crippen LogP contribution in [0.4, 0.5) is 14.5 Å². The van der Waals surface area contributed by atoms with Gasteiger partial charge in [-0.15, -0.1) is 0 Å². The number of halogens is 2. The van der Waals surface area contributed by atoms with Gasteiger partial charge >= 0.3 is 0 Å². The fraction of sp³-hybridized carbons (Fsp3) is 0.381. The van der Waals surface area contributed by atoms with Crippen molar-refractivity contribution in [2.75, 3.05) is 5.32 Å². The van der Waals surface area contributed by atoms with E-state index in [4.69, 9.17) is 4.42 Å². The average Bonchev–Trinajstić information content (AvgIpc) is 3.44. The van der Waals surface area contributed by atoms with Crippen LogP contribution in [0.5, 0.6) is 0 Å². The number of hydrogen-bond donors (Lipinski definition) is 1. The van der Waals surface area contributed by atoms with Gasteiger partial charge in [-0.2, -0.15) is 5.10 Å². The van der Waals surface area contributed by atoms with E-state index >= 15 is 0 Å². The Kier molecular flexibility index (Phi) is 5.88. The normalized spacial score (nSPS) is 18.8. The van der Waals surface area contributed by atoms with E-state index < -0.39 is 12.3 Å². The molecule has 3 aromatic heterocycles. The van der Waals surface area contributed by atoms with Crippen LogP contribution in [0.25, 0.3) is 11.1 Å². The summed E-state index contributed by atoms with van der Waals surface area (Å²) >= 11 is 0. The van der Waals surface area contributed by atoms with Gasteiger partial charge in [0, 0.05) is 35.1 Å². The number of alkyl halides is 2. The molecule has 1 aliphatic rings. The monoisotopic (exact) mass is 429 g/mol. The van der Waals surface area contributed by atoms with Crippen molar-refractivity contribution >= 4 is 17.9 Å². The Morgan fingerprint density at radius 3 is 2.71 bits per heavy atom. The lowest BCUT2D eigenvalue weighted by Gasteiger charge is -2.25. The van der Waals surface area contributed by atoms with Gasteiger partial charge in [-0.05, 0) is 38.7 Å². The van der Waals surface area contributed by atoms with Crippen molar-refractivity contribution in [3.63, 3.8) is 0 Å². The molecule has 1 saturated carbocycles. The Bertz CT molecular complexity index is 1070. The van der Waals surface area contributed by atoms with Gasteiger partial charge in [0.15, 0.2) is 12.1 Å². The second kappa shape index (κ2) is 8.75. The Balaban J connectivity index is 1.71. The molecule has 0 unspecified atom stereocenters. The van der Waals surface area contributed by atoms with Crippen molar-refractivity contribution in [1.29, 1.82) is 0 Å². The number of pyridine rings is 1. The first-order valence-electron chi connectivity index (χ1n) is 9.96. The summed E-state index contributed by atoms with van der Waals surface area (Å²) in [5.41, 5.74) is 1.09. The summed E-state index contributed by atoms with van der Waals surface area (Å²) in [5, 5.41) is 6.88. The first-order valence-corrected chi connectivity index (χ1v) is 9.96. The second-order valence-corrected chi connectivity index (χ2v) is 7.56. The number of rotatable bonds is 6. The van der Waals surface area contributed by atoms with Crippen molar-refractivity contribution in [3.05, 3.63) is 48.2 Å². The minimum atomic E-state index is -2.80. The van der Waals surface area contributed by atoms with E-state index in [9.17, 15) is 18.4 Å². The van der Waals surface area contributed by atoms with E-state index in [1.54, 1.807) is 23.9 Å². The predicted octanol–water partition coefficient (Wildman–Crippen LogP) is 4.36. The molecule has 0 atom stereocenters. The van der Waals surface area contributed by atoms with E-state index in [-0.39, 0.29) is 28.9 Å². The molecule has 0 saturated heterocycles. The molecule has 0 radical (unpaired) electrons. The Morgan fingerprint density at radius 2 is 2.06 bits per heavy atom. The lowest BCUT2D eigenvalue weighted by molar-refractivity contribution is -0.112. The quantitative estimate of drug-likeness (QED) is 0.584. The second-order valence-electron chi connectivity index (χ2n) is 7.56. The van der Waals surface area contributed by atoms with E-state index in [0.717, 1.165) is 12.7 Å². The smallest absolute Gasteiger partial charge is 0.282 e. The van der Waals surface area contributed by atoms with Crippen LogP contribution in [0.1, 0.15) is 60.0 Å². The Hall–Kier alpha value is -3.43. The zero-order valence-electron chi connectivity index (χ0n) is 16.8. The molecule has 10 heteroatoms. The molecule has 1 aliphatic carbocycles. The molecular weight excluding hydrogens is 408 g/mol. The fourth-order valence-electron chi connectivity index (χ4n) is 3.97. The van der Waals surface area contributed by atoms with Crippen LogP contribution in [0.15, 0.2) is 35.5 Å². The summed E-state index contributed by atoms with van der Waals surface area (Å²) in [6, 6.07) is 1.48. The summed E-state index contributed by atoms with van der Waals surface area (Å²) in [6.45, 7) is 1.68. The molecule has 1 N–H and O–H groups in total. The first-order chi connectivity index (χ1) is 15.0. The highest BCUT2D eigenvalue weighted by Crippen LogP contribution is 2.39. The standard InChI is InChI=1S/C21H21F2N5O3/c1-12-18(16(6-7-24-12)26-21(30)17-10-31-11-25-17)15-8-28(27-19(15)20(22)23)14-4-2-13(9-29)3-5-14/h6-11,13-14,20H,2-5H2,1H3,(H,24,26,30). The van der Waals surface area contributed by atoms with Gasteiger partial charge < -0.3 is 14.5 Å². The number of amides is 1. The maximum absolute atomic E-state index is 13.9. The lowest BCUT2D eigenvalue weighted by atomic mass is 9.87. The number of hydrogen-bond acceptors (Lipinski definition) is 6. The number of aromatic nitrogens is 4. The molecule has 1 fully saturated rings. The Morgan fingerprint density at radius 1 is 1.29 bits per heavy atom. The zero-order valence-corrected chi connectivity index (χ0v) is 16.8. The predicted molar refractivity (Wildman–Crippen MR) is 107 cm³/mol. The maximum Gasteiger partial charge on any atom is 0.282 e. The molecule has 4 rings (SSSR count). The van der Waals surface area contributed by atoms with Gasteiger partial charge in [0.2, 0.25) is 0 Å². The van der Waals surface area contributed by atoms with Crippen molar-refractivity contribution in [2.45, 2.75) is 45.1 Å². The largest absolute Gasteiger partial charge is 0.451 e. The Labute approximate surface area is 176 Å². The third-order valence-electron chi connectivity index (χ3n) is 5.60. The molecule has 31 heavy (non-hydrogen) atoms. The number of anilines is 1. The molecule has 8 nitrogen and oxygen atoms in total. The molecule has 162 valence electrons. The highest BCUT2D eigenvalue weighted by Gasteiger charge is 2.28. The van der Waals surface area contributed by atoms with Crippen LogP contribution < -0.4 is 5.32 Å². The molecular formula is C21H21F2N5O3. The summed E-state index contributed by atoms with van der Waals surface area (Å²) in [6.07, 6.45) is 6.35. The number of aryl methyl sites for hydroxylation is 1. The SMILES string of the molecule is Cc1nccc(NC(=O)c2cocn2)c1-c1cn(C2CCC(C=O)CC2)nc1C(F)F. The first kappa shape index (κ1) is 20.8. The molecule has 0 spiro atoms. The number of carbonyl (C=O) groups excluding carboxylic acids is 2. The lowest BCUT2D eigenvalue weighted by Crippen LogP contribution is -2.19. The number of nitrogens with one attached hydrogen (secondary N) is 1. The molecule has 1 amide bonds. The zero-order chi connectivity index (χ0) is 22.0. The minimum Gasteiger partial charge on any atom is -0.451 e. The van der Waals surface area contributed by atoms with Crippen LogP contribution in [0.2, 0.25) is 0 Å². The van der Waals surface area contributed by atoms with Gasteiger partial charge in [0.05, 0.1) is 11.7 Å². The summed E-state index contributed by atoms with van der Waals surface area (Å²) in [7, 11) is 0. The van der Waals surface area contributed by atoms with Crippen molar-refractivity contribution in [1.82, 2.24) is 19.7 Å². The summed E-state index contributed by atoms with van der Waals surface area (Å²) < 4.78 is 34.2. The summed E-state index contributed by atoms with van der Waals surface area (Å²) in [5.74, 6) is -0.515. The topological polar surface area (TPSA) is 103 Å². The summed E-state index contributed by atoms with van der Waals surface area (Å²) in [4.78, 5) is 31.5. The molecule has 3 heterocycles. The van der Waals surface area contributed by atoms with E-state index in [0.29, 0.717) is 42.6 Å². The highest BCUT2D eigenvalue weighted by atomic mass is 19.3. The van der Waals surface area contributed by atoms with Crippen molar-refractivity contribution in [2.24, 2.45) is 5.92 Å². The highest BCUT2D eigenvalue weighted by molar-refractivity contribution is 6.05. The maximum atomic E-state index is 13.9. The van der Waals surface area contributed by atoms with Gasteiger partial charge in [0.1, 0.15) is 18.2 Å². The third kappa shape index (κ3) is 4.23. The number of aldehydes is 1. The molecule has 3 aromatic rings. The van der Waals surface area contributed by atoms with E-state index in [1.807, 2.05) is 0 Å². The van der Waals surface area contributed by atoms with Crippen molar-refractivity contribution < 1.29 is 22.8 Å². The molecule has 0 aliphatic heterocycles. The minimum absolute atomic E-state index is 0.0137. The third-order valence-corrected chi connectivity index (χ3v) is 5.60. The van der Waals surface area contributed by atoms with Gasteiger partial charge in [0.25, 0.3) is 12.3 Å². The van der Waals surface area contributed by atoms with Crippen molar-refractivity contribution in [3.8, 4) is 11.1 Å². The van der Waals surface area contributed by atoms with Gasteiger partial charge in [-0.25, -0.2) is 13.8 Å². The fourth-order valence-corrected chi connectivity index (χ4v) is 3.97. The van der Waals surface area contributed by atoms with Crippen LogP contribution in [-0.4, -0.2) is 31.9 Å². The van der Waals surface area contributed by atoms with Gasteiger partial charge in [-0.3, -0.25) is 14.5 Å². The van der Waals surface area contributed by atoms with Crippen LogP contribution >= 0.6 is 0 Å². The van der Waals surface area contributed by atoms with Crippen LogP contribution in [-0.2, 0) is 4.79 Å². The number of nitrogens with zero attached hydrogens (tertiary/aromatic N) is 4. The molecule has 0 aromatic carbocycles. The van der Waals surface area contributed by atoms with Crippen LogP contribution in [0, 0.1) is 12.8 Å². The molecule has 0 bridgehead atoms. The number of oxazole rings is 1. The van der Waals surface area contributed by atoms with Gasteiger partial charge in [-0.1, -0.05) is 0 Å². The van der Waals surface area contributed by atoms with E-state index in [2.05, 4.69) is 20.4 Å². The van der Waals surface area contributed by atoms with Crippen LogP contribution in [0.3, 0.4) is 0 Å².